The summed E-state index contributed by atoms with van der Waals surface area (Å²) in [6.45, 7) is 1.92. The average Bonchev–Trinajstić information content (AvgIpc) is 2.77. The van der Waals surface area contributed by atoms with Gasteiger partial charge in [-0.05, 0) is 24.6 Å². The standard InChI is InChI=1S/C13H15F2N3/c1-9(10-4-5-11(14)12(15)8-10)18(3)13-6-7-17(2)16-13/h4-9H,1-3H3. The van der Waals surface area contributed by atoms with E-state index in [4.69, 9.17) is 0 Å². The molecule has 1 heterocycles. The molecule has 2 rings (SSSR count). The van der Waals surface area contributed by atoms with Gasteiger partial charge >= 0.3 is 0 Å². The van der Waals surface area contributed by atoms with Crippen molar-refractivity contribution in [3.05, 3.63) is 47.7 Å². The monoisotopic (exact) mass is 251 g/mol. The van der Waals surface area contributed by atoms with Gasteiger partial charge in [0.1, 0.15) is 0 Å². The lowest BCUT2D eigenvalue weighted by Crippen LogP contribution is -2.22. The zero-order valence-electron chi connectivity index (χ0n) is 10.6. The second-order valence-corrected chi connectivity index (χ2v) is 4.31. The van der Waals surface area contributed by atoms with E-state index < -0.39 is 11.6 Å². The van der Waals surface area contributed by atoms with E-state index in [1.807, 2.05) is 38.2 Å². The number of aryl methyl sites for hydroxylation is 1. The number of nitrogens with zero attached hydrogens (tertiary/aromatic N) is 3. The van der Waals surface area contributed by atoms with Crippen LogP contribution in [0.1, 0.15) is 18.5 Å². The van der Waals surface area contributed by atoms with Crippen molar-refractivity contribution in [2.24, 2.45) is 7.05 Å². The number of anilines is 1. The van der Waals surface area contributed by atoms with Gasteiger partial charge in [-0.3, -0.25) is 4.68 Å². The van der Waals surface area contributed by atoms with E-state index in [-0.39, 0.29) is 6.04 Å². The topological polar surface area (TPSA) is 21.1 Å². The first-order chi connectivity index (χ1) is 8.49. The Labute approximate surface area is 105 Å². The summed E-state index contributed by atoms with van der Waals surface area (Å²) in [4.78, 5) is 1.91. The van der Waals surface area contributed by atoms with Crippen LogP contribution in [0.2, 0.25) is 0 Å². The third kappa shape index (κ3) is 2.34. The molecule has 1 aromatic heterocycles. The van der Waals surface area contributed by atoms with Crippen LogP contribution in [0.3, 0.4) is 0 Å². The number of rotatable bonds is 3. The second kappa shape index (κ2) is 4.76. The molecule has 0 fully saturated rings. The molecule has 5 heteroatoms. The lowest BCUT2D eigenvalue weighted by atomic mass is 10.1. The van der Waals surface area contributed by atoms with E-state index >= 15 is 0 Å². The Morgan fingerprint density at radius 1 is 1.22 bits per heavy atom. The molecule has 96 valence electrons. The molecule has 0 amide bonds. The van der Waals surface area contributed by atoms with Gasteiger partial charge in [0, 0.05) is 26.4 Å². The predicted molar refractivity (Wildman–Crippen MR) is 66.4 cm³/mol. The molecule has 18 heavy (non-hydrogen) atoms. The third-order valence-electron chi connectivity index (χ3n) is 3.07. The van der Waals surface area contributed by atoms with Crippen molar-refractivity contribution in [2.45, 2.75) is 13.0 Å². The molecule has 0 aliphatic carbocycles. The summed E-state index contributed by atoms with van der Waals surface area (Å²) >= 11 is 0. The van der Waals surface area contributed by atoms with Gasteiger partial charge in [-0.1, -0.05) is 6.07 Å². The first-order valence-electron chi connectivity index (χ1n) is 5.66. The van der Waals surface area contributed by atoms with Crippen molar-refractivity contribution in [1.29, 1.82) is 0 Å². The maximum absolute atomic E-state index is 13.2. The van der Waals surface area contributed by atoms with Crippen LogP contribution in [0.4, 0.5) is 14.6 Å². The maximum Gasteiger partial charge on any atom is 0.159 e. The highest BCUT2D eigenvalue weighted by Crippen LogP contribution is 2.24. The summed E-state index contributed by atoms with van der Waals surface area (Å²) in [5.41, 5.74) is 0.710. The van der Waals surface area contributed by atoms with Gasteiger partial charge in [0.05, 0.1) is 6.04 Å². The second-order valence-electron chi connectivity index (χ2n) is 4.31. The quantitative estimate of drug-likeness (QED) is 0.836. The summed E-state index contributed by atoms with van der Waals surface area (Å²) < 4.78 is 27.8. The molecule has 0 aliphatic heterocycles. The molecule has 1 atom stereocenters. The molecule has 0 spiro atoms. The van der Waals surface area contributed by atoms with Crippen LogP contribution in [-0.2, 0) is 7.05 Å². The van der Waals surface area contributed by atoms with E-state index in [9.17, 15) is 8.78 Å². The SMILES string of the molecule is CC(c1ccc(F)c(F)c1)N(C)c1ccn(C)n1. The number of hydrogen-bond donors (Lipinski definition) is 0. The summed E-state index contributed by atoms with van der Waals surface area (Å²) in [5, 5.41) is 4.27. The van der Waals surface area contributed by atoms with Crippen LogP contribution in [-0.4, -0.2) is 16.8 Å². The van der Waals surface area contributed by atoms with Crippen molar-refractivity contribution < 1.29 is 8.78 Å². The number of hydrogen-bond acceptors (Lipinski definition) is 2. The van der Waals surface area contributed by atoms with Crippen LogP contribution >= 0.6 is 0 Å². The minimum atomic E-state index is -0.827. The number of benzene rings is 1. The largest absolute Gasteiger partial charge is 0.351 e. The number of aromatic nitrogens is 2. The van der Waals surface area contributed by atoms with Crippen molar-refractivity contribution >= 4 is 5.82 Å². The Hall–Kier alpha value is -1.91. The highest BCUT2D eigenvalue weighted by atomic mass is 19.2. The van der Waals surface area contributed by atoms with Gasteiger partial charge in [0.15, 0.2) is 17.5 Å². The molecule has 0 radical (unpaired) electrons. The fourth-order valence-corrected chi connectivity index (χ4v) is 1.79. The van der Waals surface area contributed by atoms with Crippen molar-refractivity contribution in [1.82, 2.24) is 9.78 Å². The van der Waals surface area contributed by atoms with Crippen LogP contribution in [0.5, 0.6) is 0 Å². The molecule has 3 nitrogen and oxygen atoms in total. The number of halogens is 2. The van der Waals surface area contributed by atoms with Gasteiger partial charge in [-0.15, -0.1) is 0 Å². The van der Waals surface area contributed by atoms with Gasteiger partial charge in [-0.25, -0.2) is 8.78 Å². The summed E-state index contributed by atoms with van der Waals surface area (Å²) in [6, 6.07) is 5.74. The molecule has 0 saturated carbocycles. The normalized spacial score (nSPS) is 12.5. The van der Waals surface area contributed by atoms with E-state index in [1.165, 1.54) is 6.07 Å². The van der Waals surface area contributed by atoms with Crippen LogP contribution in [0, 0.1) is 11.6 Å². The van der Waals surface area contributed by atoms with E-state index in [2.05, 4.69) is 5.10 Å². The van der Waals surface area contributed by atoms with Crippen LogP contribution in [0.25, 0.3) is 0 Å². The predicted octanol–water partition coefficient (Wildman–Crippen LogP) is 2.90. The Morgan fingerprint density at radius 3 is 2.50 bits per heavy atom. The van der Waals surface area contributed by atoms with Gasteiger partial charge in [0.2, 0.25) is 0 Å². The Balaban J connectivity index is 2.25. The summed E-state index contributed by atoms with van der Waals surface area (Å²) in [5.74, 6) is -0.866. The van der Waals surface area contributed by atoms with Crippen molar-refractivity contribution in [2.75, 3.05) is 11.9 Å². The lowest BCUT2D eigenvalue weighted by Gasteiger charge is -2.25. The molecular weight excluding hydrogens is 236 g/mol. The van der Waals surface area contributed by atoms with Crippen molar-refractivity contribution in [3.63, 3.8) is 0 Å². The Kier molecular flexibility index (Phi) is 3.32. The molecule has 1 unspecified atom stereocenters. The molecule has 0 bridgehead atoms. The molecule has 0 aliphatic rings. The van der Waals surface area contributed by atoms with Gasteiger partial charge in [0.25, 0.3) is 0 Å². The lowest BCUT2D eigenvalue weighted by molar-refractivity contribution is 0.505. The van der Waals surface area contributed by atoms with Crippen LogP contribution < -0.4 is 4.90 Å². The highest BCUT2D eigenvalue weighted by molar-refractivity contribution is 5.40. The molecule has 1 aromatic carbocycles. The average molecular weight is 251 g/mol. The maximum atomic E-state index is 13.2. The zero-order chi connectivity index (χ0) is 13.3. The zero-order valence-corrected chi connectivity index (χ0v) is 10.6. The molecule has 0 N–H and O–H groups in total. The summed E-state index contributed by atoms with van der Waals surface area (Å²) in [6.07, 6.45) is 1.84. The Morgan fingerprint density at radius 2 is 1.94 bits per heavy atom. The third-order valence-corrected chi connectivity index (χ3v) is 3.07. The first kappa shape index (κ1) is 12.5. The smallest absolute Gasteiger partial charge is 0.159 e. The van der Waals surface area contributed by atoms with E-state index in [0.717, 1.165) is 11.9 Å². The van der Waals surface area contributed by atoms with Crippen LogP contribution in [0.15, 0.2) is 30.5 Å². The first-order valence-corrected chi connectivity index (χ1v) is 5.66. The Bertz CT molecular complexity index is 551. The van der Waals surface area contributed by atoms with Gasteiger partial charge in [-0.2, -0.15) is 5.10 Å². The summed E-state index contributed by atoms with van der Waals surface area (Å²) in [7, 11) is 3.70. The van der Waals surface area contributed by atoms with E-state index in [0.29, 0.717) is 5.56 Å². The fourth-order valence-electron chi connectivity index (χ4n) is 1.79. The fraction of sp³-hybridized carbons (Fsp3) is 0.308. The van der Waals surface area contributed by atoms with E-state index in [1.54, 1.807) is 10.7 Å². The molecule has 0 saturated heterocycles. The molecular formula is C13H15F2N3. The minimum absolute atomic E-state index is 0.0880. The molecule has 2 aromatic rings. The van der Waals surface area contributed by atoms with Gasteiger partial charge < -0.3 is 4.90 Å². The highest BCUT2D eigenvalue weighted by Gasteiger charge is 2.15. The van der Waals surface area contributed by atoms with Crippen molar-refractivity contribution in [3.8, 4) is 0 Å². The minimum Gasteiger partial charge on any atom is -0.351 e.